The second kappa shape index (κ2) is 6.44. The van der Waals surface area contributed by atoms with Gasteiger partial charge in [0, 0.05) is 18.2 Å². The van der Waals surface area contributed by atoms with Crippen LogP contribution in [0.2, 0.25) is 0 Å². The van der Waals surface area contributed by atoms with Crippen LogP contribution in [-0.2, 0) is 0 Å². The largest absolute Gasteiger partial charge is 0.307 e. The third-order valence-corrected chi connectivity index (χ3v) is 4.27. The van der Waals surface area contributed by atoms with Crippen LogP contribution >= 0.6 is 0 Å². The van der Waals surface area contributed by atoms with Gasteiger partial charge in [-0.25, -0.2) is 4.98 Å². The molecule has 1 aromatic carbocycles. The van der Waals surface area contributed by atoms with Gasteiger partial charge >= 0.3 is 0 Å². The third-order valence-electron chi connectivity index (χ3n) is 4.27. The van der Waals surface area contributed by atoms with Crippen LogP contribution in [0.15, 0.2) is 30.5 Å². The smallest absolute Gasteiger partial charge is 0.231 e. The number of imidazole rings is 1. The summed E-state index contributed by atoms with van der Waals surface area (Å²) in [6.45, 7) is 4.96. The monoisotopic (exact) mass is 297 g/mol. The lowest BCUT2D eigenvalue weighted by Crippen LogP contribution is -2.30. The zero-order valence-electron chi connectivity index (χ0n) is 13.3. The molecule has 4 heteroatoms. The van der Waals surface area contributed by atoms with E-state index in [1.807, 2.05) is 13.1 Å². The normalized spacial score (nSPS) is 18.4. The van der Waals surface area contributed by atoms with Crippen LogP contribution in [0.3, 0.4) is 0 Å². The number of aryl methyl sites for hydroxylation is 1. The van der Waals surface area contributed by atoms with Crippen LogP contribution in [0.5, 0.6) is 0 Å². The summed E-state index contributed by atoms with van der Waals surface area (Å²) in [4.78, 5) is 17.1. The summed E-state index contributed by atoms with van der Waals surface area (Å²) in [5, 5.41) is 3.49. The molecule has 0 aliphatic carbocycles. The van der Waals surface area contributed by atoms with E-state index in [1.165, 1.54) is 18.4 Å². The number of aromatic nitrogens is 2. The molecule has 1 unspecified atom stereocenters. The summed E-state index contributed by atoms with van der Waals surface area (Å²) >= 11 is 0. The second-order valence-corrected chi connectivity index (χ2v) is 5.97. The fraction of sp³-hybridized carbons (Fsp3) is 0.444. The van der Waals surface area contributed by atoms with E-state index in [4.69, 9.17) is 4.98 Å². The highest BCUT2D eigenvalue weighted by Gasteiger charge is 2.23. The summed E-state index contributed by atoms with van der Waals surface area (Å²) in [5.41, 5.74) is 3.16. The first-order valence-corrected chi connectivity index (χ1v) is 8.12. The molecule has 1 aliphatic rings. The van der Waals surface area contributed by atoms with Gasteiger partial charge in [0.25, 0.3) is 0 Å². The average molecular weight is 297 g/mol. The van der Waals surface area contributed by atoms with Gasteiger partial charge < -0.3 is 5.32 Å². The van der Waals surface area contributed by atoms with Crippen molar-refractivity contribution in [1.82, 2.24) is 14.9 Å². The molecule has 1 aromatic heterocycles. The van der Waals surface area contributed by atoms with Gasteiger partial charge in [-0.1, -0.05) is 43.2 Å². The summed E-state index contributed by atoms with van der Waals surface area (Å²) in [6.07, 6.45) is 5.81. The number of benzene rings is 1. The molecule has 0 spiro atoms. The number of nitrogens with one attached hydrogen (secondary N) is 1. The van der Waals surface area contributed by atoms with Gasteiger partial charge in [-0.15, -0.1) is 0 Å². The molecule has 1 atom stereocenters. The molecule has 22 heavy (non-hydrogen) atoms. The van der Waals surface area contributed by atoms with E-state index in [1.54, 1.807) is 4.57 Å². The number of hydrogen-bond acceptors (Lipinski definition) is 3. The Morgan fingerprint density at radius 3 is 2.73 bits per heavy atom. The van der Waals surface area contributed by atoms with E-state index in [2.05, 4.69) is 36.5 Å². The van der Waals surface area contributed by atoms with Crippen molar-refractivity contribution in [3.63, 3.8) is 0 Å². The van der Waals surface area contributed by atoms with Gasteiger partial charge in [0.2, 0.25) is 5.91 Å². The lowest BCUT2D eigenvalue weighted by Gasteiger charge is -2.23. The number of hydrogen-bond donors (Lipinski definition) is 1. The molecule has 2 heterocycles. The maximum Gasteiger partial charge on any atom is 0.231 e. The number of carbonyl (C=O) groups is 1. The lowest BCUT2D eigenvalue weighted by atomic mass is 10.0. The van der Waals surface area contributed by atoms with Crippen molar-refractivity contribution in [3.05, 3.63) is 41.9 Å². The van der Waals surface area contributed by atoms with Crippen molar-refractivity contribution in [2.24, 2.45) is 0 Å². The van der Waals surface area contributed by atoms with E-state index >= 15 is 0 Å². The molecule has 1 fully saturated rings. The Morgan fingerprint density at radius 2 is 2.09 bits per heavy atom. The van der Waals surface area contributed by atoms with Crippen LogP contribution < -0.4 is 5.32 Å². The first kappa shape index (κ1) is 15.0. The van der Waals surface area contributed by atoms with Crippen molar-refractivity contribution < 1.29 is 4.79 Å². The Balaban J connectivity index is 2.00. The minimum Gasteiger partial charge on any atom is -0.307 e. The summed E-state index contributed by atoms with van der Waals surface area (Å²) < 4.78 is 1.75. The molecule has 116 valence electrons. The predicted molar refractivity (Wildman–Crippen MR) is 87.9 cm³/mol. The average Bonchev–Trinajstić information content (AvgIpc) is 3.01. The Morgan fingerprint density at radius 1 is 1.32 bits per heavy atom. The summed E-state index contributed by atoms with van der Waals surface area (Å²) in [6, 6.07) is 8.47. The second-order valence-electron chi connectivity index (χ2n) is 5.97. The molecule has 1 aliphatic heterocycles. The molecule has 1 saturated heterocycles. The number of piperidine rings is 1. The fourth-order valence-corrected chi connectivity index (χ4v) is 2.95. The third kappa shape index (κ3) is 2.97. The number of rotatable bonds is 3. The quantitative estimate of drug-likeness (QED) is 0.939. The van der Waals surface area contributed by atoms with Crippen LogP contribution in [0.4, 0.5) is 0 Å². The Kier molecular flexibility index (Phi) is 4.39. The fourth-order valence-electron chi connectivity index (χ4n) is 2.95. The minimum absolute atomic E-state index is 0.105. The van der Waals surface area contributed by atoms with Crippen molar-refractivity contribution in [2.75, 3.05) is 6.54 Å². The van der Waals surface area contributed by atoms with Crippen molar-refractivity contribution in [2.45, 2.75) is 45.6 Å². The van der Waals surface area contributed by atoms with Gasteiger partial charge in [0.1, 0.15) is 5.82 Å². The predicted octanol–water partition coefficient (Wildman–Crippen LogP) is 3.72. The van der Waals surface area contributed by atoms with Crippen molar-refractivity contribution in [1.29, 1.82) is 0 Å². The van der Waals surface area contributed by atoms with E-state index < -0.39 is 0 Å². The highest BCUT2D eigenvalue weighted by Crippen LogP contribution is 2.26. The Labute approximate surface area is 131 Å². The molecule has 3 rings (SSSR count). The summed E-state index contributed by atoms with van der Waals surface area (Å²) in [7, 11) is 0. The number of carbonyl (C=O) groups excluding carboxylic acids is 1. The van der Waals surface area contributed by atoms with E-state index in [9.17, 15) is 4.79 Å². The molecule has 1 N–H and O–H groups in total. The topological polar surface area (TPSA) is 46.9 Å². The van der Waals surface area contributed by atoms with Crippen LogP contribution in [-0.4, -0.2) is 22.0 Å². The molecule has 0 saturated carbocycles. The van der Waals surface area contributed by atoms with Gasteiger partial charge in [-0.2, -0.15) is 0 Å². The zero-order chi connectivity index (χ0) is 15.5. The molecule has 0 amide bonds. The van der Waals surface area contributed by atoms with Crippen molar-refractivity contribution in [3.8, 4) is 11.3 Å². The highest BCUT2D eigenvalue weighted by molar-refractivity contribution is 5.80. The van der Waals surface area contributed by atoms with Crippen LogP contribution in [0.1, 0.15) is 54.8 Å². The number of nitrogens with zero attached hydrogens (tertiary/aromatic N) is 2. The maximum absolute atomic E-state index is 12.3. The standard InChI is InChI=1S/C18H23N3O/c1-3-17(22)21-12-16(14-9-7-13(2)8-10-14)20-18(21)15-6-4-5-11-19-15/h7-10,12,15,19H,3-6,11H2,1-2H3. The first-order chi connectivity index (χ1) is 10.7. The van der Waals surface area contributed by atoms with Gasteiger partial charge in [-0.3, -0.25) is 9.36 Å². The Bertz CT molecular complexity index is 651. The molecule has 0 bridgehead atoms. The molecule has 0 radical (unpaired) electrons. The van der Waals surface area contributed by atoms with Gasteiger partial charge in [0.15, 0.2) is 0 Å². The minimum atomic E-state index is 0.105. The van der Waals surface area contributed by atoms with Crippen LogP contribution in [0.25, 0.3) is 11.3 Å². The van der Waals surface area contributed by atoms with E-state index in [0.29, 0.717) is 6.42 Å². The highest BCUT2D eigenvalue weighted by atomic mass is 16.2. The van der Waals surface area contributed by atoms with Gasteiger partial charge in [0.05, 0.1) is 11.7 Å². The van der Waals surface area contributed by atoms with Crippen molar-refractivity contribution >= 4 is 5.91 Å². The molecular weight excluding hydrogens is 274 g/mol. The van der Waals surface area contributed by atoms with Gasteiger partial charge in [-0.05, 0) is 26.3 Å². The van der Waals surface area contributed by atoms with E-state index in [-0.39, 0.29) is 11.9 Å². The first-order valence-electron chi connectivity index (χ1n) is 8.12. The SMILES string of the molecule is CCC(=O)n1cc(-c2ccc(C)cc2)nc1C1CCCCN1. The molecular formula is C18H23N3O. The zero-order valence-corrected chi connectivity index (χ0v) is 13.3. The molecule has 2 aromatic rings. The summed E-state index contributed by atoms with van der Waals surface area (Å²) in [5.74, 6) is 0.968. The van der Waals surface area contributed by atoms with E-state index in [0.717, 1.165) is 30.0 Å². The lowest BCUT2D eigenvalue weighted by molar-refractivity contribution is 0.0901. The molecule has 4 nitrogen and oxygen atoms in total. The van der Waals surface area contributed by atoms with Crippen LogP contribution in [0, 0.1) is 6.92 Å². The Hall–Kier alpha value is -1.94. The maximum atomic E-state index is 12.3.